The van der Waals surface area contributed by atoms with Gasteiger partial charge in [-0.3, -0.25) is 4.79 Å². The first-order valence-electron chi connectivity index (χ1n) is 7.05. The minimum absolute atomic E-state index is 0.0897. The third-order valence-electron chi connectivity index (χ3n) is 3.81. The van der Waals surface area contributed by atoms with Crippen molar-refractivity contribution < 1.29 is 19.4 Å². The zero-order chi connectivity index (χ0) is 15.7. The van der Waals surface area contributed by atoms with Crippen LogP contribution in [0.1, 0.15) is 36.6 Å². The Kier molecular flexibility index (Phi) is 4.32. The highest BCUT2D eigenvalue weighted by Gasteiger charge is 2.43. The Bertz CT molecular complexity index is 567. The molecule has 1 aromatic rings. The van der Waals surface area contributed by atoms with Crippen LogP contribution in [-0.4, -0.2) is 40.6 Å². The topological polar surface area (TPSA) is 66.8 Å². The summed E-state index contributed by atoms with van der Waals surface area (Å²) in [5, 5.41) is 9.45. The average Bonchev–Trinajstić information content (AvgIpc) is 2.40. The van der Waals surface area contributed by atoms with Crippen molar-refractivity contribution in [3.05, 3.63) is 34.9 Å². The minimum atomic E-state index is -1.04. The second kappa shape index (κ2) is 5.85. The van der Waals surface area contributed by atoms with Gasteiger partial charge < -0.3 is 14.7 Å². The molecule has 0 saturated carbocycles. The summed E-state index contributed by atoms with van der Waals surface area (Å²) in [6.45, 7) is 7.46. The molecule has 2 unspecified atom stereocenters. The van der Waals surface area contributed by atoms with Gasteiger partial charge in [-0.05, 0) is 38.8 Å². The van der Waals surface area contributed by atoms with E-state index in [0.717, 1.165) is 16.7 Å². The quantitative estimate of drug-likeness (QED) is 0.925. The van der Waals surface area contributed by atoms with Crippen molar-refractivity contribution in [2.75, 3.05) is 6.61 Å². The van der Waals surface area contributed by atoms with Crippen molar-refractivity contribution >= 4 is 11.9 Å². The Morgan fingerprint density at radius 1 is 1.38 bits per heavy atom. The van der Waals surface area contributed by atoms with Crippen LogP contribution >= 0.6 is 0 Å². The highest BCUT2D eigenvalue weighted by atomic mass is 16.5. The standard InChI is InChI=1S/C16H21NO4/c1-9(2)17-13(18)8-21-15(16(19)20)14(17)12-7-10(3)5-6-11(12)4/h5-7,9,14-15H,8H2,1-4H3,(H,19,20). The van der Waals surface area contributed by atoms with E-state index in [1.54, 1.807) is 4.90 Å². The lowest BCUT2D eigenvalue weighted by Gasteiger charge is -2.42. The summed E-state index contributed by atoms with van der Waals surface area (Å²) in [6.07, 6.45) is -1.04. The van der Waals surface area contributed by atoms with Crippen LogP contribution in [0, 0.1) is 13.8 Å². The molecule has 0 spiro atoms. The molecule has 2 atom stereocenters. The van der Waals surface area contributed by atoms with Crippen LogP contribution in [0.25, 0.3) is 0 Å². The molecule has 0 aliphatic carbocycles. The van der Waals surface area contributed by atoms with Crippen molar-refractivity contribution in [1.82, 2.24) is 4.90 Å². The predicted molar refractivity (Wildman–Crippen MR) is 78.0 cm³/mol. The Hall–Kier alpha value is -1.88. The molecule has 5 nitrogen and oxygen atoms in total. The fourth-order valence-electron chi connectivity index (χ4n) is 2.83. The summed E-state index contributed by atoms with van der Waals surface area (Å²) in [6, 6.07) is 5.17. The van der Waals surface area contributed by atoms with E-state index in [2.05, 4.69) is 0 Å². The van der Waals surface area contributed by atoms with Gasteiger partial charge in [-0.25, -0.2) is 4.79 Å². The highest BCUT2D eigenvalue weighted by molar-refractivity contribution is 5.83. The molecule has 0 aromatic heterocycles. The zero-order valence-electron chi connectivity index (χ0n) is 12.8. The summed E-state index contributed by atoms with van der Waals surface area (Å²) < 4.78 is 5.30. The zero-order valence-corrected chi connectivity index (χ0v) is 12.8. The van der Waals surface area contributed by atoms with Gasteiger partial charge in [0.25, 0.3) is 0 Å². The van der Waals surface area contributed by atoms with E-state index >= 15 is 0 Å². The fraction of sp³-hybridized carbons (Fsp3) is 0.500. The Morgan fingerprint density at radius 2 is 2.05 bits per heavy atom. The maximum absolute atomic E-state index is 12.2. The van der Waals surface area contributed by atoms with Gasteiger partial charge in [0.15, 0.2) is 6.10 Å². The molecule has 0 bridgehead atoms. The van der Waals surface area contributed by atoms with Crippen LogP contribution < -0.4 is 0 Å². The molecule has 0 radical (unpaired) electrons. The fourth-order valence-corrected chi connectivity index (χ4v) is 2.83. The molecule has 5 heteroatoms. The lowest BCUT2D eigenvalue weighted by Crippen LogP contribution is -2.54. The third kappa shape index (κ3) is 2.93. The normalized spacial score (nSPS) is 22.7. The number of nitrogens with zero attached hydrogens (tertiary/aromatic N) is 1. The number of carboxylic acid groups (broad SMARTS) is 1. The van der Waals surface area contributed by atoms with Gasteiger partial charge in [-0.15, -0.1) is 0 Å². The largest absolute Gasteiger partial charge is 0.479 e. The summed E-state index contributed by atoms with van der Waals surface area (Å²) in [5.41, 5.74) is 2.83. The van der Waals surface area contributed by atoms with Crippen LogP contribution in [0.15, 0.2) is 18.2 Å². The van der Waals surface area contributed by atoms with E-state index in [1.807, 2.05) is 45.9 Å². The molecule has 1 heterocycles. The average molecular weight is 291 g/mol. The lowest BCUT2D eigenvalue weighted by atomic mass is 9.91. The van der Waals surface area contributed by atoms with Crippen LogP contribution in [-0.2, 0) is 14.3 Å². The number of carbonyl (C=O) groups is 2. The van der Waals surface area contributed by atoms with Crippen LogP contribution in [0.5, 0.6) is 0 Å². The molecule has 1 aliphatic heterocycles. The van der Waals surface area contributed by atoms with Crippen molar-refractivity contribution in [2.24, 2.45) is 0 Å². The number of amides is 1. The number of carboxylic acids is 1. The monoisotopic (exact) mass is 291 g/mol. The number of aryl methyl sites for hydroxylation is 2. The first-order valence-corrected chi connectivity index (χ1v) is 7.05. The number of rotatable bonds is 3. The first kappa shape index (κ1) is 15.5. The van der Waals surface area contributed by atoms with E-state index in [4.69, 9.17) is 4.74 Å². The molecule has 2 rings (SSSR count). The Balaban J connectivity index is 2.56. The summed E-state index contributed by atoms with van der Waals surface area (Å²) in [5.74, 6) is -1.22. The number of hydrogen-bond donors (Lipinski definition) is 1. The Labute approximate surface area is 124 Å². The third-order valence-corrected chi connectivity index (χ3v) is 3.81. The van der Waals surface area contributed by atoms with E-state index in [-0.39, 0.29) is 18.6 Å². The lowest BCUT2D eigenvalue weighted by molar-refractivity contribution is -0.175. The van der Waals surface area contributed by atoms with Crippen molar-refractivity contribution in [2.45, 2.75) is 45.9 Å². The molecule has 1 N–H and O–H groups in total. The minimum Gasteiger partial charge on any atom is -0.479 e. The predicted octanol–water partition coefficient (Wildman–Crippen LogP) is 2.06. The van der Waals surface area contributed by atoms with E-state index in [1.165, 1.54) is 0 Å². The van der Waals surface area contributed by atoms with Crippen LogP contribution in [0.3, 0.4) is 0 Å². The molecular weight excluding hydrogens is 270 g/mol. The maximum Gasteiger partial charge on any atom is 0.335 e. The number of hydrogen-bond acceptors (Lipinski definition) is 3. The molecule has 21 heavy (non-hydrogen) atoms. The van der Waals surface area contributed by atoms with Gasteiger partial charge in [0, 0.05) is 6.04 Å². The highest BCUT2D eigenvalue weighted by Crippen LogP contribution is 2.34. The smallest absolute Gasteiger partial charge is 0.335 e. The van der Waals surface area contributed by atoms with Crippen LogP contribution in [0.4, 0.5) is 0 Å². The van der Waals surface area contributed by atoms with Gasteiger partial charge in [0.2, 0.25) is 5.91 Å². The van der Waals surface area contributed by atoms with Gasteiger partial charge in [0.05, 0.1) is 6.04 Å². The molecule has 1 amide bonds. The number of benzene rings is 1. The van der Waals surface area contributed by atoms with Crippen molar-refractivity contribution in [1.29, 1.82) is 0 Å². The van der Waals surface area contributed by atoms with Crippen molar-refractivity contribution in [3.8, 4) is 0 Å². The second-order valence-electron chi connectivity index (χ2n) is 5.77. The SMILES string of the molecule is Cc1ccc(C)c(C2C(C(=O)O)OCC(=O)N2C(C)C)c1. The number of carbonyl (C=O) groups excluding carboxylic acids is 1. The molecular formula is C16H21NO4. The number of morpholine rings is 1. The van der Waals surface area contributed by atoms with E-state index < -0.39 is 18.1 Å². The van der Waals surface area contributed by atoms with E-state index in [9.17, 15) is 14.7 Å². The van der Waals surface area contributed by atoms with E-state index in [0.29, 0.717) is 0 Å². The van der Waals surface area contributed by atoms with Gasteiger partial charge >= 0.3 is 5.97 Å². The van der Waals surface area contributed by atoms with Gasteiger partial charge in [0.1, 0.15) is 6.61 Å². The molecule has 114 valence electrons. The summed E-state index contributed by atoms with van der Waals surface area (Å²) in [7, 11) is 0. The number of aliphatic carboxylic acids is 1. The molecule has 1 aliphatic rings. The maximum atomic E-state index is 12.2. The van der Waals surface area contributed by atoms with Gasteiger partial charge in [-0.2, -0.15) is 0 Å². The first-order chi connectivity index (χ1) is 9.82. The molecule has 1 fully saturated rings. The molecule has 1 aromatic carbocycles. The molecule has 1 saturated heterocycles. The van der Waals surface area contributed by atoms with Gasteiger partial charge in [-0.1, -0.05) is 23.8 Å². The Morgan fingerprint density at radius 3 is 2.62 bits per heavy atom. The second-order valence-corrected chi connectivity index (χ2v) is 5.77. The summed E-state index contributed by atoms with van der Waals surface area (Å²) in [4.78, 5) is 25.4. The van der Waals surface area contributed by atoms with Crippen LogP contribution in [0.2, 0.25) is 0 Å². The number of ether oxygens (including phenoxy) is 1. The van der Waals surface area contributed by atoms with Crippen molar-refractivity contribution in [3.63, 3.8) is 0 Å². The summed E-state index contributed by atoms with van der Waals surface area (Å²) >= 11 is 0.